The largest absolute Gasteiger partial charge is 0.345 e. The molecule has 2 N–H and O–H groups in total. The molecule has 0 atom stereocenters. The summed E-state index contributed by atoms with van der Waals surface area (Å²) in [6, 6.07) is 0.777. The fourth-order valence-electron chi connectivity index (χ4n) is 2.77. The lowest BCUT2D eigenvalue weighted by atomic mass is 10.00. The van der Waals surface area contributed by atoms with Crippen LogP contribution in [0.25, 0.3) is 0 Å². The van der Waals surface area contributed by atoms with Crippen molar-refractivity contribution in [2.75, 3.05) is 0 Å². The first-order valence-electron chi connectivity index (χ1n) is 7.19. The SMILES string of the molecule is c1nc(C2CCCCCC2)[nH]c1CNC1CC1. The average molecular weight is 233 g/mol. The molecule has 0 bridgehead atoms. The van der Waals surface area contributed by atoms with Gasteiger partial charge in [0, 0.05) is 30.4 Å². The molecule has 2 fully saturated rings. The van der Waals surface area contributed by atoms with Crippen LogP contribution in [-0.2, 0) is 6.54 Å². The third-order valence-electron chi connectivity index (χ3n) is 4.05. The molecule has 17 heavy (non-hydrogen) atoms. The van der Waals surface area contributed by atoms with Gasteiger partial charge in [0.15, 0.2) is 0 Å². The smallest absolute Gasteiger partial charge is 0.109 e. The highest BCUT2D eigenvalue weighted by atomic mass is 15.0. The maximum absolute atomic E-state index is 4.58. The molecule has 3 nitrogen and oxygen atoms in total. The normalized spacial score (nSPS) is 22.6. The lowest BCUT2D eigenvalue weighted by molar-refractivity contribution is 0.563. The Morgan fingerprint density at radius 2 is 1.88 bits per heavy atom. The molecule has 0 radical (unpaired) electrons. The number of hydrogen-bond acceptors (Lipinski definition) is 2. The summed E-state index contributed by atoms with van der Waals surface area (Å²) in [5.74, 6) is 1.92. The van der Waals surface area contributed by atoms with Crippen molar-refractivity contribution in [1.29, 1.82) is 0 Å². The van der Waals surface area contributed by atoms with Gasteiger partial charge in [-0.2, -0.15) is 0 Å². The van der Waals surface area contributed by atoms with Gasteiger partial charge in [-0.1, -0.05) is 25.7 Å². The van der Waals surface area contributed by atoms with Crippen LogP contribution in [-0.4, -0.2) is 16.0 Å². The zero-order chi connectivity index (χ0) is 11.5. The second-order valence-corrected chi connectivity index (χ2v) is 5.64. The number of imidazole rings is 1. The summed E-state index contributed by atoms with van der Waals surface area (Å²) in [5, 5.41) is 3.53. The number of aromatic amines is 1. The number of hydrogen-bond donors (Lipinski definition) is 2. The topological polar surface area (TPSA) is 40.7 Å². The minimum atomic E-state index is 0.687. The lowest BCUT2D eigenvalue weighted by Gasteiger charge is -2.10. The number of nitrogens with zero attached hydrogens (tertiary/aromatic N) is 1. The number of H-pyrrole nitrogens is 1. The van der Waals surface area contributed by atoms with E-state index in [1.807, 2.05) is 6.20 Å². The van der Waals surface area contributed by atoms with Crippen molar-refractivity contribution in [1.82, 2.24) is 15.3 Å². The number of rotatable bonds is 4. The second-order valence-electron chi connectivity index (χ2n) is 5.64. The molecule has 0 aromatic carbocycles. The molecule has 94 valence electrons. The molecule has 2 aliphatic rings. The molecule has 3 heteroatoms. The van der Waals surface area contributed by atoms with Crippen LogP contribution >= 0.6 is 0 Å². The summed E-state index contributed by atoms with van der Waals surface area (Å²) in [6.07, 6.45) is 12.9. The van der Waals surface area contributed by atoms with Crippen molar-refractivity contribution in [2.24, 2.45) is 0 Å². The van der Waals surface area contributed by atoms with Crippen LogP contribution in [0, 0.1) is 0 Å². The lowest BCUT2D eigenvalue weighted by Crippen LogP contribution is -2.15. The third-order valence-corrected chi connectivity index (χ3v) is 4.05. The molecular weight excluding hydrogens is 210 g/mol. The van der Waals surface area contributed by atoms with Crippen molar-refractivity contribution >= 4 is 0 Å². The van der Waals surface area contributed by atoms with E-state index in [1.165, 1.54) is 62.9 Å². The first-order chi connectivity index (χ1) is 8.42. The summed E-state index contributed by atoms with van der Waals surface area (Å²) >= 11 is 0. The monoisotopic (exact) mass is 233 g/mol. The predicted molar refractivity (Wildman–Crippen MR) is 68.9 cm³/mol. The van der Waals surface area contributed by atoms with Crippen LogP contribution in [0.15, 0.2) is 6.20 Å². The van der Waals surface area contributed by atoms with Crippen LogP contribution in [0.3, 0.4) is 0 Å². The van der Waals surface area contributed by atoms with Gasteiger partial charge in [-0.3, -0.25) is 0 Å². The Kier molecular flexibility index (Phi) is 3.46. The van der Waals surface area contributed by atoms with E-state index in [4.69, 9.17) is 0 Å². The summed E-state index contributed by atoms with van der Waals surface area (Å²) < 4.78 is 0. The summed E-state index contributed by atoms with van der Waals surface area (Å²) in [7, 11) is 0. The molecule has 1 aromatic heterocycles. The Morgan fingerprint density at radius 3 is 2.59 bits per heavy atom. The van der Waals surface area contributed by atoms with Crippen LogP contribution in [0.4, 0.5) is 0 Å². The number of nitrogens with one attached hydrogen (secondary N) is 2. The Morgan fingerprint density at radius 1 is 1.12 bits per heavy atom. The standard InChI is InChI=1S/C14H23N3/c1-2-4-6-11(5-3-1)14-16-10-13(17-14)9-15-12-7-8-12/h10-12,15H,1-9H2,(H,16,17). The molecule has 0 amide bonds. The minimum absolute atomic E-state index is 0.687. The van der Waals surface area contributed by atoms with E-state index < -0.39 is 0 Å². The van der Waals surface area contributed by atoms with E-state index >= 15 is 0 Å². The van der Waals surface area contributed by atoms with Gasteiger partial charge in [0.25, 0.3) is 0 Å². The summed E-state index contributed by atoms with van der Waals surface area (Å²) in [4.78, 5) is 8.10. The van der Waals surface area contributed by atoms with Crippen molar-refractivity contribution < 1.29 is 0 Å². The summed E-state index contributed by atoms with van der Waals surface area (Å²) in [6.45, 7) is 0.963. The predicted octanol–water partition coefficient (Wildman–Crippen LogP) is 3.10. The van der Waals surface area contributed by atoms with Crippen LogP contribution in [0.2, 0.25) is 0 Å². The van der Waals surface area contributed by atoms with Gasteiger partial charge >= 0.3 is 0 Å². The zero-order valence-electron chi connectivity index (χ0n) is 10.5. The molecular formula is C14H23N3. The quantitative estimate of drug-likeness (QED) is 0.785. The van der Waals surface area contributed by atoms with Gasteiger partial charge in [-0.25, -0.2) is 4.98 Å². The van der Waals surface area contributed by atoms with Gasteiger partial charge < -0.3 is 10.3 Å². The molecule has 2 aliphatic carbocycles. The van der Waals surface area contributed by atoms with E-state index in [2.05, 4.69) is 15.3 Å². The third kappa shape index (κ3) is 3.09. The average Bonchev–Trinajstić information content (AvgIpc) is 3.12. The Hall–Kier alpha value is -0.830. The summed E-state index contributed by atoms with van der Waals surface area (Å²) in [5.41, 5.74) is 1.26. The van der Waals surface area contributed by atoms with Crippen molar-refractivity contribution in [3.63, 3.8) is 0 Å². The van der Waals surface area contributed by atoms with Crippen LogP contribution in [0.5, 0.6) is 0 Å². The minimum Gasteiger partial charge on any atom is -0.345 e. The molecule has 0 spiro atoms. The second kappa shape index (κ2) is 5.21. The van der Waals surface area contributed by atoms with Gasteiger partial charge in [0.05, 0.1) is 0 Å². The fraction of sp³-hybridized carbons (Fsp3) is 0.786. The van der Waals surface area contributed by atoms with Crippen LogP contribution in [0.1, 0.15) is 68.8 Å². The van der Waals surface area contributed by atoms with E-state index in [9.17, 15) is 0 Å². The first kappa shape index (κ1) is 11.3. The van der Waals surface area contributed by atoms with E-state index in [-0.39, 0.29) is 0 Å². The van der Waals surface area contributed by atoms with E-state index in [0.29, 0.717) is 5.92 Å². The molecule has 1 aromatic rings. The zero-order valence-corrected chi connectivity index (χ0v) is 10.5. The highest BCUT2D eigenvalue weighted by Gasteiger charge is 2.21. The van der Waals surface area contributed by atoms with Crippen molar-refractivity contribution in [3.8, 4) is 0 Å². The molecule has 2 saturated carbocycles. The van der Waals surface area contributed by atoms with Crippen molar-refractivity contribution in [3.05, 3.63) is 17.7 Å². The fourth-order valence-corrected chi connectivity index (χ4v) is 2.77. The first-order valence-corrected chi connectivity index (χ1v) is 7.19. The highest BCUT2D eigenvalue weighted by Crippen LogP contribution is 2.29. The van der Waals surface area contributed by atoms with Crippen molar-refractivity contribution in [2.45, 2.75) is 69.9 Å². The van der Waals surface area contributed by atoms with Gasteiger partial charge in [-0.05, 0) is 25.7 Å². The highest BCUT2D eigenvalue weighted by molar-refractivity contribution is 5.06. The molecule has 0 saturated heterocycles. The Labute approximate surface area is 103 Å². The maximum atomic E-state index is 4.58. The Balaban J connectivity index is 1.57. The van der Waals surface area contributed by atoms with Gasteiger partial charge in [-0.15, -0.1) is 0 Å². The Bertz CT molecular complexity index is 346. The maximum Gasteiger partial charge on any atom is 0.109 e. The molecule has 0 aliphatic heterocycles. The molecule has 3 rings (SSSR count). The molecule has 0 unspecified atom stereocenters. The van der Waals surface area contributed by atoms with E-state index in [1.54, 1.807) is 0 Å². The number of aromatic nitrogens is 2. The van der Waals surface area contributed by atoms with E-state index in [0.717, 1.165) is 12.6 Å². The van der Waals surface area contributed by atoms with Crippen LogP contribution < -0.4 is 5.32 Å². The van der Waals surface area contributed by atoms with Gasteiger partial charge in [0.1, 0.15) is 5.82 Å². The van der Waals surface area contributed by atoms with Gasteiger partial charge in [0.2, 0.25) is 0 Å². The molecule has 1 heterocycles.